The molecule has 1 aromatic rings. The van der Waals surface area contributed by atoms with Crippen molar-refractivity contribution in [2.24, 2.45) is 0 Å². The lowest BCUT2D eigenvalue weighted by Gasteiger charge is -2.26. The summed E-state index contributed by atoms with van der Waals surface area (Å²) < 4.78 is 13.7. The Morgan fingerprint density at radius 1 is 1.59 bits per heavy atom. The van der Waals surface area contributed by atoms with Gasteiger partial charge in [0.15, 0.2) is 11.6 Å². The summed E-state index contributed by atoms with van der Waals surface area (Å²) in [5.74, 6) is -2.36. The number of nitrogens with one attached hydrogen (secondary N) is 1. The molecule has 0 aliphatic carbocycles. The van der Waals surface area contributed by atoms with E-state index in [1.165, 1.54) is 6.20 Å². The quantitative estimate of drug-likeness (QED) is 0.728. The highest BCUT2D eigenvalue weighted by Gasteiger charge is 2.22. The number of carbonyl (C=O) groups is 1. The van der Waals surface area contributed by atoms with E-state index in [4.69, 9.17) is 10.2 Å². The van der Waals surface area contributed by atoms with E-state index in [9.17, 15) is 9.18 Å². The number of aliphatic hydroxyl groups excluding tert-OH is 1. The van der Waals surface area contributed by atoms with Gasteiger partial charge in [-0.15, -0.1) is 0 Å². The molecule has 0 unspecified atom stereocenters. The van der Waals surface area contributed by atoms with E-state index in [0.29, 0.717) is 6.42 Å². The smallest absolute Gasteiger partial charge is 0.338 e. The van der Waals surface area contributed by atoms with Crippen LogP contribution in [0.1, 0.15) is 30.6 Å². The summed E-state index contributed by atoms with van der Waals surface area (Å²) in [6.07, 6.45) is 1.62. The second-order valence-corrected chi connectivity index (χ2v) is 4.31. The molecule has 3 N–H and O–H groups in total. The van der Waals surface area contributed by atoms with Crippen molar-refractivity contribution in [1.82, 2.24) is 4.98 Å². The minimum absolute atomic E-state index is 0.0553. The molecule has 0 aliphatic rings. The van der Waals surface area contributed by atoms with Crippen LogP contribution in [-0.2, 0) is 0 Å². The number of hydrogen-bond donors (Lipinski definition) is 3. The third-order valence-electron chi connectivity index (χ3n) is 2.31. The Hall–Kier alpha value is -1.69. The predicted octanol–water partition coefficient (Wildman–Crippen LogP) is 1.49. The van der Waals surface area contributed by atoms with Gasteiger partial charge in [-0.3, -0.25) is 0 Å². The van der Waals surface area contributed by atoms with Crippen LogP contribution in [0.5, 0.6) is 0 Å². The van der Waals surface area contributed by atoms with Crippen LogP contribution in [-0.4, -0.2) is 33.3 Å². The normalized spacial score (nSPS) is 11.3. The number of carboxylic acid groups (broad SMARTS) is 1. The summed E-state index contributed by atoms with van der Waals surface area (Å²) >= 11 is 0. The lowest BCUT2D eigenvalue weighted by molar-refractivity contribution is 0.0691. The molecule has 0 saturated carbocycles. The van der Waals surface area contributed by atoms with Crippen LogP contribution in [0.4, 0.5) is 10.2 Å². The van der Waals surface area contributed by atoms with E-state index in [1.807, 2.05) is 0 Å². The summed E-state index contributed by atoms with van der Waals surface area (Å²) in [6, 6.07) is 1.10. The number of aromatic nitrogens is 1. The summed E-state index contributed by atoms with van der Waals surface area (Å²) in [4.78, 5) is 14.5. The highest BCUT2D eigenvalue weighted by molar-refractivity contribution is 5.88. The number of pyridine rings is 1. The molecule has 1 aromatic heterocycles. The molecule has 0 spiro atoms. The molecule has 94 valence electrons. The van der Waals surface area contributed by atoms with E-state index >= 15 is 0 Å². The summed E-state index contributed by atoms with van der Waals surface area (Å²) in [5.41, 5.74) is -0.998. The molecule has 0 saturated heterocycles. The predicted molar refractivity (Wildman–Crippen MR) is 60.6 cm³/mol. The average Bonchev–Trinajstić information content (AvgIpc) is 2.20. The first-order valence-electron chi connectivity index (χ1n) is 5.14. The monoisotopic (exact) mass is 242 g/mol. The largest absolute Gasteiger partial charge is 0.478 e. The van der Waals surface area contributed by atoms with Gasteiger partial charge < -0.3 is 15.5 Å². The lowest BCUT2D eigenvalue weighted by atomic mass is 10.0. The molecule has 0 aliphatic heterocycles. The SMILES string of the molecule is CC(C)(CCO)Nc1nccc(C(=O)O)c1F. The van der Waals surface area contributed by atoms with Gasteiger partial charge in [-0.05, 0) is 26.3 Å². The fourth-order valence-electron chi connectivity index (χ4n) is 1.36. The Bertz CT molecular complexity index is 421. The van der Waals surface area contributed by atoms with E-state index in [1.54, 1.807) is 13.8 Å². The zero-order valence-electron chi connectivity index (χ0n) is 9.70. The molecule has 1 rings (SSSR count). The molecule has 5 nitrogen and oxygen atoms in total. The average molecular weight is 242 g/mol. The van der Waals surface area contributed by atoms with Crippen LogP contribution in [0.2, 0.25) is 0 Å². The molecule has 6 heteroatoms. The minimum atomic E-state index is -1.34. The maximum atomic E-state index is 13.7. The number of aromatic carboxylic acids is 1. The number of anilines is 1. The Labute approximate surface area is 98.3 Å². The molecule has 1 heterocycles. The van der Waals surface area contributed by atoms with Crippen molar-refractivity contribution in [1.29, 1.82) is 0 Å². The summed E-state index contributed by atoms with van der Waals surface area (Å²) in [5, 5.41) is 20.4. The Balaban J connectivity index is 3.00. The zero-order valence-corrected chi connectivity index (χ0v) is 9.70. The first-order chi connectivity index (χ1) is 7.87. The molecule has 17 heavy (non-hydrogen) atoms. The van der Waals surface area contributed by atoms with Gasteiger partial charge in [-0.25, -0.2) is 14.2 Å². The van der Waals surface area contributed by atoms with Gasteiger partial charge in [0.05, 0.1) is 0 Å². The van der Waals surface area contributed by atoms with Crippen LogP contribution in [0.3, 0.4) is 0 Å². The molecule has 0 atom stereocenters. The standard InChI is InChI=1S/C11H15FN2O3/c1-11(2,4-6-15)14-9-8(12)7(10(16)17)3-5-13-9/h3,5,15H,4,6H2,1-2H3,(H,13,14)(H,16,17). The Morgan fingerprint density at radius 2 is 2.24 bits per heavy atom. The third-order valence-corrected chi connectivity index (χ3v) is 2.31. The van der Waals surface area contributed by atoms with Crippen molar-refractivity contribution in [2.45, 2.75) is 25.8 Å². The maximum absolute atomic E-state index is 13.7. The highest BCUT2D eigenvalue weighted by Crippen LogP contribution is 2.20. The van der Waals surface area contributed by atoms with Crippen LogP contribution in [0.15, 0.2) is 12.3 Å². The number of rotatable bonds is 5. The molecule has 0 bridgehead atoms. The molecular weight excluding hydrogens is 227 g/mol. The molecule has 0 radical (unpaired) electrons. The number of nitrogens with zero attached hydrogens (tertiary/aromatic N) is 1. The van der Waals surface area contributed by atoms with Gasteiger partial charge in [-0.2, -0.15) is 0 Å². The van der Waals surface area contributed by atoms with E-state index < -0.39 is 22.9 Å². The Kier molecular flexibility index (Phi) is 4.01. The van der Waals surface area contributed by atoms with Crippen molar-refractivity contribution in [3.8, 4) is 0 Å². The minimum Gasteiger partial charge on any atom is -0.478 e. The van der Waals surface area contributed by atoms with Gasteiger partial charge in [0, 0.05) is 18.3 Å². The van der Waals surface area contributed by atoms with Crippen LogP contribution < -0.4 is 5.32 Å². The number of carboxylic acids is 1. The number of aliphatic hydroxyl groups is 1. The van der Waals surface area contributed by atoms with E-state index in [-0.39, 0.29) is 12.4 Å². The van der Waals surface area contributed by atoms with Crippen molar-refractivity contribution in [3.63, 3.8) is 0 Å². The van der Waals surface area contributed by atoms with Crippen molar-refractivity contribution < 1.29 is 19.4 Å². The number of halogens is 1. The highest BCUT2D eigenvalue weighted by atomic mass is 19.1. The van der Waals surface area contributed by atoms with E-state index in [2.05, 4.69) is 10.3 Å². The van der Waals surface area contributed by atoms with Gasteiger partial charge in [0.2, 0.25) is 0 Å². The van der Waals surface area contributed by atoms with Crippen molar-refractivity contribution in [3.05, 3.63) is 23.6 Å². The topological polar surface area (TPSA) is 82.5 Å². The third kappa shape index (κ3) is 3.39. The first kappa shape index (κ1) is 13.4. The van der Waals surface area contributed by atoms with Gasteiger partial charge in [-0.1, -0.05) is 0 Å². The Morgan fingerprint density at radius 3 is 2.76 bits per heavy atom. The second kappa shape index (κ2) is 5.09. The fraction of sp³-hybridized carbons (Fsp3) is 0.455. The second-order valence-electron chi connectivity index (χ2n) is 4.31. The first-order valence-corrected chi connectivity index (χ1v) is 5.14. The molecule has 0 aromatic carbocycles. The van der Waals surface area contributed by atoms with Crippen molar-refractivity contribution in [2.75, 3.05) is 11.9 Å². The number of hydrogen-bond acceptors (Lipinski definition) is 4. The van der Waals surface area contributed by atoms with Crippen LogP contribution in [0, 0.1) is 5.82 Å². The zero-order chi connectivity index (χ0) is 13.1. The van der Waals surface area contributed by atoms with Gasteiger partial charge in [0.1, 0.15) is 5.56 Å². The van der Waals surface area contributed by atoms with Crippen LogP contribution >= 0.6 is 0 Å². The summed E-state index contributed by atoms with van der Waals surface area (Å²) in [6.45, 7) is 3.47. The maximum Gasteiger partial charge on any atom is 0.338 e. The fourth-order valence-corrected chi connectivity index (χ4v) is 1.36. The van der Waals surface area contributed by atoms with Gasteiger partial charge in [0.25, 0.3) is 0 Å². The van der Waals surface area contributed by atoms with Crippen LogP contribution in [0.25, 0.3) is 0 Å². The van der Waals surface area contributed by atoms with Gasteiger partial charge >= 0.3 is 5.97 Å². The molecule has 0 fully saturated rings. The molecular formula is C11H15FN2O3. The molecule has 0 amide bonds. The van der Waals surface area contributed by atoms with E-state index in [0.717, 1.165) is 6.07 Å². The summed E-state index contributed by atoms with van der Waals surface area (Å²) in [7, 11) is 0. The lowest BCUT2D eigenvalue weighted by Crippen LogP contribution is -2.33. The van der Waals surface area contributed by atoms with Crippen molar-refractivity contribution >= 4 is 11.8 Å².